The molecular weight excluding hydrogens is 472 g/mol. The molecule has 186 valence electrons. The van der Waals surface area contributed by atoms with Crippen molar-refractivity contribution in [1.82, 2.24) is 20.6 Å². The Morgan fingerprint density at radius 1 is 1.23 bits per heavy atom. The van der Waals surface area contributed by atoms with Crippen LogP contribution >= 0.6 is 11.8 Å². The van der Waals surface area contributed by atoms with Gasteiger partial charge in [0.15, 0.2) is 18.4 Å². The standard InChI is InChI=1S/C24H28N4O6S/c1-24(2,9-10-35-19-8-7-16(12-26-19)23(31)32)28-22(30)21(29)27-11-15-5-4-6-17(20(15)33-3)18-13-25-14-34-18/h4-8,12-14,21,27,29H,9-11H2,1-3H3,(H,28,30)(H,31,32). The van der Waals surface area contributed by atoms with Crippen molar-refractivity contribution in [3.05, 3.63) is 60.2 Å². The van der Waals surface area contributed by atoms with Gasteiger partial charge in [-0.1, -0.05) is 12.1 Å². The number of carboxylic acids is 1. The van der Waals surface area contributed by atoms with E-state index < -0.39 is 23.6 Å². The maximum Gasteiger partial charge on any atom is 0.337 e. The lowest BCUT2D eigenvalue weighted by Gasteiger charge is -2.27. The largest absolute Gasteiger partial charge is 0.496 e. The highest BCUT2D eigenvalue weighted by molar-refractivity contribution is 7.99. The van der Waals surface area contributed by atoms with E-state index in [1.807, 2.05) is 32.0 Å². The highest BCUT2D eigenvalue weighted by atomic mass is 32.2. The summed E-state index contributed by atoms with van der Waals surface area (Å²) in [6, 6.07) is 8.65. The van der Waals surface area contributed by atoms with E-state index >= 15 is 0 Å². The number of aliphatic hydroxyl groups excluding tert-OH is 1. The summed E-state index contributed by atoms with van der Waals surface area (Å²) in [7, 11) is 1.54. The fourth-order valence-corrected chi connectivity index (χ4v) is 4.39. The molecule has 0 aliphatic rings. The van der Waals surface area contributed by atoms with Gasteiger partial charge in [0.25, 0.3) is 5.91 Å². The Morgan fingerprint density at radius 3 is 2.66 bits per heavy atom. The first-order chi connectivity index (χ1) is 16.7. The predicted molar refractivity (Wildman–Crippen MR) is 130 cm³/mol. The number of nitrogens with zero attached hydrogens (tertiary/aromatic N) is 2. The Morgan fingerprint density at radius 2 is 2.03 bits per heavy atom. The number of amides is 1. The summed E-state index contributed by atoms with van der Waals surface area (Å²) < 4.78 is 10.9. The van der Waals surface area contributed by atoms with Gasteiger partial charge in [-0.15, -0.1) is 11.8 Å². The summed E-state index contributed by atoms with van der Waals surface area (Å²) in [4.78, 5) is 31.5. The average Bonchev–Trinajstić information content (AvgIpc) is 3.37. The Labute approximate surface area is 207 Å². The number of para-hydroxylation sites is 1. The van der Waals surface area contributed by atoms with Crippen molar-refractivity contribution in [1.29, 1.82) is 0 Å². The normalized spacial score (nSPS) is 12.2. The monoisotopic (exact) mass is 500 g/mol. The fourth-order valence-electron chi connectivity index (χ4n) is 3.27. The first-order valence-corrected chi connectivity index (χ1v) is 11.8. The minimum atomic E-state index is -1.43. The minimum absolute atomic E-state index is 0.130. The first kappa shape index (κ1) is 26.2. The van der Waals surface area contributed by atoms with Crippen LogP contribution < -0.4 is 15.4 Å². The fraction of sp³-hybridized carbons (Fsp3) is 0.333. The van der Waals surface area contributed by atoms with Crippen molar-refractivity contribution in [2.24, 2.45) is 0 Å². The van der Waals surface area contributed by atoms with Crippen LogP contribution in [0.3, 0.4) is 0 Å². The van der Waals surface area contributed by atoms with Gasteiger partial charge in [-0.25, -0.2) is 14.8 Å². The zero-order valence-electron chi connectivity index (χ0n) is 19.6. The molecule has 1 amide bonds. The lowest BCUT2D eigenvalue weighted by Crippen LogP contribution is -2.52. The SMILES string of the molecule is COc1c(CNC(O)C(=O)NC(C)(C)CCSc2ccc(C(=O)O)cn2)cccc1-c1cnco1. The van der Waals surface area contributed by atoms with Crippen molar-refractivity contribution in [2.75, 3.05) is 12.9 Å². The first-order valence-electron chi connectivity index (χ1n) is 10.8. The number of carboxylic acid groups (broad SMARTS) is 1. The van der Waals surface area contributed by atoms with Crippen molar-refractivity contribution in [2.45, 2.75) is 43.6 Å². The molecular formula is C24H28N4O6S. The van der Waals surface area contributed by atoms with Gasteiger partial charge in [0.05, 0.1) is 29.5 Å². The summed E-state index contributed by atoms with van der Waals surface area (Å²) in [5.74, 6) is 0.184. The smallest absolute Gasteiger partial charge is 0.337 e. The second kappa shape index (κ2) is 11.8. The third-order valence-electron chi connectivity index (χ3n) is 5.15. The summed E-state index contributed by atoms with van der Waals surface area (Å²) in [5, 5.41) is 25.7. The number of aromatic carboxylic acids is 1. The molecule has 0 saturated heterocycles. The van der Waals surface area contributed by atoms with Crippen molar-refractivity contribution in [3.63, 3.8) is 0 Å². The van der Waals surface area contributed by atoms with Crippen LogP contribution in [0.4, 0.5) is 0 Å². The molecule has 1 unspecified atom stereocenters. The Balaban J connectivity index is 1.50. The number of carbonyl (C=O) groups excluding carboxylic acids is 1. The number of aromatic nitrogens is 2. The van der Waals surface area contributed by atoms with Crippen LogP contribution in [0.15, 0.2) is 58.6 Å². The van der Waals surface area contributed by atoms with E-state index in [9.17, 15) is 14.7 Å². The maximum atomic E-state index is 12.6. The lowest BCUT2D eigenvalue weighted by molar-refractivity contribution is -0.132. The zero-order chi connectivity index (χ0) is 25.4. The molecule has 2 heterocycles. The van der Waals surface area contributed by atoms with Crippen LogP contribution in [-0.4, -0.2) is 56.7 Å². The average molecular weight is 501 g/mol. The molecule has 0 bridgehead atoms. The highest BCUT2D eigenvalue weighted by Gasteiger charge is 2.25. The summed E-state index contributed by atoms with van der Waals surface area (Å²) in [6.45, 7) is 3.92. The molecule has 0 radical (unpaired) electrons. The molecule has 3 aromatic rings. The number of carbonyl (C=O) groups is 2. The molecule has 0 aliphatic carbocycles. The number of methoxy groups -OCH3 is 1. The van der Waals surface area contributed by atoms with E-state index in [0.29, 0.717) is 34.3 Å². The van der Waals surface area contributed by atoms with Gasteiger partial charge in [-0.2, -0.15) is 0 Å². The predicted octanol–water partition coefficient (Wildman–Crippen LogP) is 2.93. The molecule has 0 spiro atoms. The second-order valence-electron chi connectivity index (χ2n) is 8.31. The molecule has 2 aromatic heterocycles. The topological polar surface area (TPSA) is 147 Å². The molecule has 1 atom stereocenters. The molecule has 4 N–H and O–H groups in total. The summed E-state index contributed by atoms with van der Waals surface area (Å²) in [6.07, 6.45) is 3.41. The van der Waals surface area contributed by atoms with Crippen LogP contribution in [0.2, 0.25) is 0 Å². The van der Waals surface area contributed by atoms with Crippen molar-refractivity contribution >= 4 is 23.6 Å². The van der Waals surface area contributed by atoms with E-state index in [0.717, 1.165) is 5.56 Å². The Bertz CT molecular complexity index is 1140. The van der Waals surface area contributed by atoms with Crippen LogP contribution in [-0.2, 0) is 11.3 Å². The van der Waals surface area contributed by atoms with Crippen LogP contribution in [0, 0.1) is 0 Å². The quantitative estimate of drug-likeness (QED) is 0.216. The van der Waals surface area contributed by atoms with E-state index in [2.05, 4.69) is 20.6 Å². The van der Waals surface area contributed by atoms with Crippen molar-refractivity contribution < 1.29 is 29.0 Å². The van der Waals surface area contributed by atoms with Gasteiger partial charge in [0, 0.05) is 29.6 Å². The highest BCUT2D eigenvalue weighted by Crippen LogP contribution is 2.32. The third kappa shape index (κ3) is 7.28. The number of hydrogen-bond acceptors (Lipinski definition) is 9. The van der Waals surface area contributed by atoms with E-state index in [1.54, 1.807) is 19.4 Å². The molecule has 10 nitrogen and oxygen atoms in total. The zero-order valence-corrected chi connectivity index (χ0v) is 20.5. The van der Waals surface area contributed by atoms with Gasteiger partial charge >= 0.3 is 5.97 Å². The van der Waals surface area contributed by atoms with E-state index in [1.165, 1.54) is 30.4 Å². The minimum Gasteiger partial charge on any atom is -0.496 e. The molecule has 0 fully saturated rings. The van der Waals surface area contributed by atoms with Gasteiger partial charge in [0.2, 0.25) is 0 Å². The second-order valence-corrected chi connectivity index (χ2v) is 9.42. The van der Waals surface area contributed by atoms with Crippen molar-refractivity contribution in [3.8, 4) is 17.1 Å². The molecule has 1 aromatic carbocycles. The van der Waals surface area contributed by atoms with Gasteiger partial charge in [-0.3, -0.25) is 10.1 Å². The van der Waals surface area contributed by atoms with Crippen LogP contribution in [0.5, 0.6) is 5.75 Å². The van der Waals surface area contributed by atoms with Gasteiger partial charge < -0.3 is 24.7 Å². The maximum absolute atomic E-state index is 12.6. The number of oxazole rings is 1. The van der Waals surface area contributed by atoms with Gasteiger partial charge in [-0.05, 0) is 38.5 Å². The number of ether oxygens (including phenoxy) is 1. The number of pyridine rings is 1. The number of nitrogens with one attached hydrogen (secondary N) is 2. The molecule has 11 heteroatoms. The molecule has 0 aliphatic heterocycles. The number of aliphatic hydroxyl groups is 1. The Hall–Kier alpha value is -3.41. The number of rotatable bonds is 12. The molecule has 0 saturated carbocycles. The van der Waals surface area contributed by atoms with Crippen LogP contribution in [0.1, 0.15) is 36.2 Å². The molecule has 35 heavy (non-hydrogen) atoms. The van der Waals surface area contributed by atoms with E-state index in [-0.39, 0.29) is 12.1 Å². The molecule has 3 rings (SSSR count). The van der Waals surface area contributed by atoms with Gasteiger partial charge in [0.1, 0.15) is 5.75 Å². The Kier molecular flexibility index (Phi) is 8.85. The third-order valence-corrected chi connectivity index (χ3v) is 6.10. The number of benzene rings is 1. The lowest BCUT2D eigenvalue weighted by atomic mass is 10.0. The number of thioether (sulfide) groups is 1. The van der Waals surface area contributed by atoms with Crippen LogP contribution in [0.25, 0.3) is 11.3 Å². The summed E-state index contributed by atoms with van der Waals surface area (Å²) >= 11 is 1.46. The van der Waals surface area contributed by atoms with E-state index in [4.69, 9.17) is 14.3 Å². The summed E-state index contributed by atoms with van der Waals surface area (Å²) in [5.41, 5.74) is 1.00. The number of hydrogen-bond donors (Lipinski definition) is 4.